The summed E-state index contributed by atoms with van der Waals surface area (Å²) < 4.78 is 26.6. The van der Waals surface area contributed by atoms with Crippen LogP contribution in [-0.4, -0.2) is 40.1 Å². The largest absolute Gasteiger partial charge is 0.465 e. The fraction of sp³-hybridized carbons (Fsp3) is 0.364. The van der Waals surface area contributed by atoms with Gasteiger partial charge in [0.25, 0.3) is 0 Å². The lowest BCUT2D eigenvalue weighted by Gasteiger charge is -2.11. The third-order valence-electron chi connectivity index (χ3n) is 2.24. The average molecular weight is 272 g/mol. The van der Waals surface area contributed by atoms with E-state index in [9.17, 15) is 13.2 Å². The molecule has 0 saturated carbocycles. The molecule has 0 atom stereocenters. The molecule has 0 saturated heterocycles. The molecule has 1 aromatic carbocycles. The maximum absolute atomic E-state index is 11.5. The predicted molar refractivity (Wildman–Crippen MR) is 70.4 cm³/mol. The summed E-state index contributed by atoms with van der Waals surface area (Å²) in [6.07, 6.45) is 1.15. The van der Waals surface area contributed by atoms with Gasteiger partial charge in [0, 0.05) is 24.2 Å². The fourth-order valence-electron chi connectivity index (χ4n) is 1.37. The maximum atomic E-state index is 11.5. The second-order valence-corrected chi connectivity index (χ2v) is 6.11. The van der Waals surface area contributed by atoms with Crippen molar-refractivity contribution in [2.24, 2.45) is 0 Å². The highest BCUT2D eigenvalue weighted by atomic mass is 32.2. The smallest absolute Gasteiger partial charge is 0.340 e. The van der Waals surface area contributed by atoms with E-state index in [4.69, 9.17) is 5.73 Å². The molecule has 0 aromatic heterocycles. The Morgan fingerprint density at radius 3 is 2.67 bits per heavy atom. The van der Waals surface area contributed by atoms with Crippen LogP contribution in [0.2, 0.25) is 0 Å². The summed E-state index contributed by atoms with van der Waals surface area (Å²) in [5.74, 6) is -0.540. The first-order chi connectivity index (χ1) is 8.33. The highest BCUT2D eigenvalue weighted by Crippen LogP contribution is 2.19. The minimum Gasteiger partial charge on any atom is -0.465 e. The molecule has 7 heteroatoms. The monoisotopic (exact) mass is 272 g/mol. The van der Waals surface area contributed by atoms with E-state index in [-0.39, 0.29) is 17.9 Å². The van der Waals surface area contributed by atoms with Crippen LogP contribution >= 0.6 is 0 Å². The molecule has 6 nitrogen and oxygen atoms in total. The van der Waals surface area contributed by atoms with E-state index in [1.165, 1.54) is 13.2 Å². The SMILES string of the molecule is COC(=O)c1cc(N)ccc1NCCS(C)(=O)=O. The van der Waals surface area contributed by atoms with Gasteiger partial charge in [0.15, 0.2) is 0 Å². The standard InChI is InChI=1S/C11H16N2O4S/c1-17-11(14)9-7-8(12)3-4-10(9)13-5-6-18(2,15)16/h3-4,7,13H,5-6,12H2,1-2H3. The van der Waals surface area contributed by atoms with E-state index in [1.807, 2.05) is 0 Å². The van der Waals surface area contributed by atoms with E-state index in [1.54, 1.807) is 12.1 Å². The quantitative estimate of drug-likeness (QED) is 0.598. The molecule has 0 heterocycles. The summed E-state index contributed by atoms with van der Waals surface area (Å²) in [7, 11) is -1.77. The Kier molecular flexibility index (Phi) is 4.55. The summed E-state index contributed by atoms with van der Waals surface area (Å²) in [5, 5.41) is 2.88. The van der Waals surface area contributed by atoms with Crippen molar-refractivity contribution in [1.29, 1.82) is 0 Å². The van der Waals surface area contributed by atoms with Crippen molar-refractivity contribution in [1.82, 2.24) is 0 Å². The minimum absolute atomic E-state index is 0.0159. The van der Waals surface area contributed by atoms with Crippen LogP contribution < -0.4 is 11.1 Å². The van der Waals surface area contributed by atoms with Crippen LogP contribution in [0.3, 0.4) is 0 Å². The Bertz CT molecular complexity index is 540. The molecule has 0 unspecified atom stereocenters. The van der Waals surface area contributed by atoms with Crippen molar-refractivity contribution in [2.75, 3.05) is 36.7 Å². The molecule has 3 N–H and O–H groups in total. The zero-order chi connectivity index (χ0) is 13.8. The molecule has 0 aliphatic rings. The van der Waals surface area contributed by atoms with Crippen LogP contribution in [-0.2, 0) is 14.6 Å². The molecule has 0 aliphatic carbocycles. The van der Waals surface area contributed by atoms with Crippen LogP contribution in [0.15, 0.2) is 18.2 Å². The number of nitrogens with two attached hydrogens (primary N) is 1. The Morgan fingerprint density at radius 2 is 2.11 bits per heavy atom. The summed E-state index contributed by atoms with van der Waals surface area (Å²) in [6.45, 7) is 0.215. The van der Waals surface area contributed by atoms with Crippen molar-refractivity contribution >= 4 is 27.2 Å². The number of anilines is 2. The third-order valence-corrected chi connectivity index (χ3v) is 3.18. The highest BCUT2D eigenvalue weighted by molar-refractivity contribution is 7.90. The summed E-state index contributed by atoms with van der Waals surface area (Å²) in [5.41, 5.74) is 6.80. The maximum Gasteiger partial charge on any atom is 0.340 e. The molecular weight excluding hydrogens is 256 g/mol. The molecule has 1 rings (SSSR count). The highest BCUT2D eigenvalue weighted by Gasteiger charge is 2.12. The van der Waals surface area contributed by atoms with Gasteiger partial charge in [-0.3, -0.25) is 0 Å². The molecule has 0 fully saturated rings. The van der Waals surface area contributed by atoms with Crippen molar-refractivity contribution in [2.45, 2.75) is 0 Å². The number of nitrogen functional groups attached to an aromatic ring is 1. The van der Waals surface area contributed by atoms with Crippen LogP contribution in [0.1, 0.15) is 10.4 Å². The summed E-state index contributed by atoms with van der Waals surface area (Å²) >= 11 is 0. The van der Waals surface area contributed by atoms with E-state index in [0.717, 1.165) is 6.26 Å². The lowest BCUT2D eigenvalue weighted by Crippen LogP contribution is -2.16. The normalized spacial score (nSPS) is 11.0. The fourth-order valence-corrected chi connectivity index (χ4v) is 1.84. The number of rotatable bonds is 5. The van der Waals surface area contributed by atoms with Gasteiger partial charge < -0.3 is 15.8 Å². The van der Waals surface area contributed by atoms with Crippen molar-refractivity contribution < 1.29 is 17.9 Å². The van der Waals surface area contributed by atoms with Gasteiger partial charge in [-0.25, -0.2) is 13.2 Å². The van der Waals surface area contributed by atoms with Crippen LogP contribution in [0.5, 0.6) is 0 Å². The second-order valence-electron chi connectivity index (χ2n) is 3.85. The number of nitrogens with one attached hydrogen (secondary N) is 1. The molecule has 100 valence electrons. The Hall–Kier alpha value is -1.76. The second kappa shape index (κ2) is 5.72. The Balaban J connectivity index is 2.85. The molecule has 0 amide bonds. The van der Waals surface area contributed by atoms with Gasteiger partial charge in [0.1, 0.15) is 9.84 Å². The van der Waals surface area contributed by atoms with Crippen LogP contribution in [0.25, 0.3) is 0 Å². The molecule has 0 spiro atoms. The molecule has 0 radical (unpaired) electrons. The van der Waals surface area contributed by atoms with Gasteiger partial charge >= 0.3 is 5.97 Å². The number of esters is 1. The topological polar surface area (TPSA) is 98.5 Å². The molecule has 0 aliphatic heterocycles. The lowest BCUT2D eigenvalue weighted by molar-refractivity contribution is 0.0602. The zero-order valence-electron chi connectivity index (χ0n) is 10.3. The van der Waals surface area contributed by atoms with Gasteiger partial charge in [-0.1, -0.05) is 0 Å². The van der Waals surface area contributed by atoms with Crippen molar-refractivity contribution in [3.05, 3.63) is 23.8 Å². The number of sulfone groups is 1. The third kappa shape index (κ3) is 4.25. The molecular formula is C11H16N2O4S. The van der Waals surface area contributed by atoms with E-state index >= 15 is 0 Å². The van der Waals surface area contributed by atoms with E-state index < -0.39 is 15.8 Å². The van der Waals surface area contributed by atoms with Gasteiger partial charge in [0.2, 0.25) is 0 Å². The number of carbonyl (C=O) groups excluding carboxylic acids is 1. The Labute approximate surface area is 106 Å². The average Bonchev–Trinajstić information content (AvgIpc) is 2.28. The summed E-state index contributed by atoms with van der Waals surface area (Å²) in [4.78, 5) is 11.5. The first-order valence-corrected chi connectivity index (χ1v) is 7.29. The van der Waals surface area contributed by atoms with Crippen molar-refractivity contribution in [3.8, 4) is 0 Å². The predicted octanol–water partition coefficient (Wildman–Crippen LogP) is 0.512. The molecule has 1 aromatic rings. The number of benzene rings is 1. The van der Waals surface area contributed by atoms with Crippen LogP contribution in [0, 0.1) is 0 Å². The number of methoxy groups -OCH3 is 1. The van der Waals surface area contributed by atoms with Crippen LogP contribution in [0.4, 0.5) is 11.4 Å². The number of hydrogen-bond acceptors (Lipinski definition) is 6. The van der Waals surface area contributed by atoms with Gasteiger partial charge in [-0.15, -0.1) is 0 Å². The number of hydrogen-bond donors (Lipinski definition) is 2. The minimum atomic E-state index is -3.04. The lowest BCUT2D eigenvalue weighted by atomic mass is 10.1. The zero-order valence-corrected chi connectivity index (χ0v) is 11.1. The van der Waals surface area contributed by atoms with E-state index in [2.05, 4.69) is 10.1 Å². The first kappa shape index (κ1) is 14.3. The first-order valence-electron chi connectivity index (χ1n) is 5.23. The number of ether oxygens (including phenoxy) is 1. The molecule has 0 bridgehead atoms. The van der Waals surface area contributed by atoms with E-state index in [0.29, 0.717) is 11.4 Å². The van der Waals surface area contributed by atoms with Gasteiger partial charge in [-0.2, -0.15) is 0 Å². The van der Waals surface area contributed by atoms with Gasteiger partial charge in [-0.05, 0) is 18.2 Å². The number of carbonyl (C=O) groups is 1. The Morgan fingerprint density at radius 1 is 1.44 bits per heavy atom. The van der Waals surface area contributed by atoms with Gasteiger partial charge in [0.05, 0.1) is 18.4 Å². The van der Waals surface area contributed by atoms with Crippen molar-refractivity contribution in [3.63, 3.8) is 0 Å². The molecule has 18 heavy (non-hydrogen) atoms. The summed E-state index contributed by atoms with van der Waals surface area (Å²) in [6, 6.07) is 4.72.